The van der Waals surface area contributed by atoms with Crippen molar-refractivity contribution in [2.24, 2.45) is 0 Å². The van der Waals surface area contributed by atoms with Crippen LogP contribution in [0.2, 0.25) is 39.3 Å². The summed E-state index contributed by atoms with van der Waals surface area (Å²) in [5.74, 6) is 14.7. The maximum atomic E-state index is 2.65. The van der Waals surface area contributed by atoms with Gasteiger partial charge in [-0.15, -0.1) is 16.1 Å². The Kier molecular flexibility index (Phi) is 15.1. The van der Waals surface area contributed by atoms with E-state index in [0.29, 0.717) is 0 Å². The third-order valence-corrected chi connectivity index (χ3v) is 13.4. The molecule has 2 aliphatic carbocycles. The summed E-state index contributed by atoms with van der Waals surface area (Å²) < 4.78 is 0. The fourth-order valence-corrected chi connectivity index (χ4v) is 14.5. The van der Waals surface area contributed by atoms with Crippen LogP contribution in [0.4, 0.5) is 0 Å². The van der Waals surface area contributed by atoms with Crippen LogP contribution in [0, 0.1) is 64.8 Å². The van der Waals surface area contributed by atoms with E-state index in [1.165, 1.54) is 59.2 Å². The molecule has 0 unspecified atom stereocenters. The zero-order chi connectivity index (χ0) is 23.5. The van der Waals surface area contributed by atoms with Crippen molar-refractivity contribution in [2.75, 3.05) is 0 Å². The van der Waals surface area contributed by atoms with Crippen molar-refractivity contribution < 1.29 is 32.7 Å². The maximum Gasteiger partial charge on any atom is 3.00 e. The Hall–Kier alpha value is 1.54. The minimum atomic E-state index is -0.856. The monoisotopic (exact) mass is 518 g/mol. The molecule has 0 saturated heterocycles. The molecule has 0 aromatic rings. The van der Waals surface area contributed by atoms with Gasteiger partial charge >= 0.3 is 32.7 Å². The van der Waals surface area contributed by atoms with Crippen molar-refractivity contribution in [3.8, 4) is 0 Å². The summed E-state index contributed by atoms with van der Waals surface area (Å²) in [6, 6.07) is 0. The minimum absolute atomic E-state index is 0. The zero-order valence-electron chi connectivity index (χ0n) is 23.2. The number of hydrogen-bond acceptors (Lipinski definition) is 0. The average Bonchev–Trinajstić information content (AvgIpc) is 2.83. The molecule has 2 aliphatic rings. The Labute approximate surface area is 220 Å². The van der Waals surface area contributed by atoms with Crippen LogP contribution in [0.3, 0.4) is 0 Å². The summed E-state index contributed by atoms with van der Waals surface area (Å²) in [5, 5.41) is 0. The molecule has 0 nitrogen and oxygen atoms in total. The summed E-state index contributed by atoms with van der Waals surface area (Å²) in [5.41, 5.74) is 2.65. The van der Waals surface area contributed by atoms with Crippen LogP contribution in [-0.4, -0.2) is 16.1 Å². The Morgan fingerprint density at radius 2 is 0.433 bits per heavy atom. The van der Waals surface area contributed by atoms with Gasteiger partial charge in [0.2, 0.25) is 0 Å². The summed E-state index contributed by atoms with van der Waals surface area (Å²) in [7, 11) is -1.71. The van der Waals surface area contributed by atoms with Crippen LogP contribution in [0.5, 0.6) is 0 Å². The summed E-state index contributed by atoms with van der Waals surface area (Å²) in [6.45, 7) is 36.4. The molecule has 166 valence electrons. The molecule has 2 rings (SSSR count). The van der Waals surface area contributed by atoms with Gasteiger partial charge in [-0.1, -0.05) is 109 Å². The van der Waals surface area contributed by atoms with Crippen LogP contribution in [0.25, 0.3) is 0 Å². The van der Waals surface area contributed by atoms with Gasteiger partial charge in [0.15, 0.2) is 0 Å². The molecule has 0 atom stereocenters. The van der Waals surface area contributed by atoms with Gasteiger partial charge in [-0.25, -0.2) is 0 Å². The van der Waals surface area contributed by atoms with Crippen molar-refractivity contribution in [1.29, 1.82) is 0 Å². The average molecular weight is 519 g/mol. The second-order valence-corrected chi connectivity index (χ2v) is 21.7. The first-order valence-corrected chi connectivity index (χ1v) is 18.2. The Bertz CT molecular complexity index is 333. The molecule has 2 saturated carbocycles. The Balaban J connectivity index is 0. The van der Waals surface area contributed by atoms with Crippen LogP contribution in [0.15, 0.2) is 0 Å². The quantitative estimate of drug-likeness (QED) is 0.253. The molecule has 0 aromatic heterocycles. The van der Waals surface area contributed by atoms with Crippen LogP contribution < -0.4 is 0 Å². The van der Waals surface area contributed by atoms with Gasteiger partial charge in [0.05, 0.1) is 0 Å². The van der Waals surface area contributed by atoms with E-state index in [4.69, 9.17) is 0 Å². The van der Waals surface area contributed by atoms with Crippen LogP contribution in [0.1, 0.15) is 69.2 Å². The second-order valence-electron chi connectivity index (χ2n) is 11.1. The molecular formula is C27H49Si2Y+2. The van der Waals surface area contributed by atoms with Gasteiger partial charge in [0.1, 0.15) is 0 Å². The summed E-state index contributed by atoms with van der Waals surface area (Å²) in [6.07, 6.45) is 0. The third-order valence-electron chi connectivity index (χ3n) is 6.49. The summed E-state index contributed by atoms with van der Waals surface area (Å²) in [4.78, 5) is 0. The van der Waals surface area contributed by atoms with Crippen molar-refractivity contribution in [3.63, 3.8) is 0 Å². The fourth-order valence-electron chi connectivity index (χ4n) is 4.11. The largest absolute Gasteiger partial charge is 3.00 e. The van der Waals surface area contributed by atoms with Gasteiger partial charge in [-0.05, 0) is 59.2 Å². The number of hydrogen-bond donors (Lipinski definition) is 0. The maximum absolute atomic E-state index is 2.65. The molecule has 0 heterocycles. The first-order chi connectivity index (χ1) is 12.8. The van der Waals surface area contributed by atoms with Gasteiger partial charge in [-0.2, -0.15) is 0 Å². The normalized spacial score (nSPS) is 23.2. The molecule has 0 bridgehead atoms. The molecule has 0 aliphatic heterocycles. The zero-order valence-corrected chi connectivity index (χ0v) is 28.0. The van der Waals surface area contributed by atoms with E-state index in [9.17, 15) is 0 Å². The van der Waals surface area contributed by atoms with E-state index in [2.05, 4.69) is 114 Å². The molecule has 3 heteroatoms. The summed E-state index contributed by atoms with van der Waals surface area (Å²) >= 11 is 0. The Morgan fingerprint density at radius 3 is 0.467 bits per heavy atom. The standard InChI is InChI=1S/2C10H15.C7H19Si2.Y/c2*1-6-7(2)9(4)10(5)8(6)3;1-8(2,3)7-9(4,5)6;/h2*1-5H3;7H,1-6H3;/q;;-1;+3. The SMILES string of the molecule is C[C]1[C](C)[C](C)[C](C)[C]1C.C[C]1[C](C)[C](C)[C](C)[C]1C.C[Si](C)(C)[CH-][Si](C)(C)C.[Y+3]. The van der Waals surface area contributed by atoms with E-state index in [0.717, 1.165) is 0 Å². The molecule has 0 N–H and O–H groups in total. The molecule has 30 heavy (non-hydrogen) atoms. The van der Waals surface area contributed by atoms with E-state index in [-0.39, 0.29) is 32.7 Å². The van der Waals surface area contributed by atoms with Crippen molar-refractivity contribution in [3.05, 3.63) is 64.8 Å². The predicted molar refractivity (Wildman–Crippen MR) is 140 cm³/mol. The molecule has 0 aromatic carbocycles. The fraction of sp³-hybridized carbons (Fsp3) is 0.593. The minimum Gasteiger partial charge on any atom is -0.327 e. The molecular weight excluding hydrogens is 469 g/mol. The van der Waals surface area contributed by atoms with E-state index in [1.54, 1.807) is 0 Å². The van der Waals surface area contributed by atoms with Crippen molar-refractivity contribution in [2.45, 2.75) is 109 Å². The van der Waals surface area contributed by atoms with E-state index >= 15 is 0 Å². The third kappa shape index (κ3) is 10.6. The van der Waals surface area contributed by atoms with Gasteiger partial charge in [0, 0.05) is 0 Å². The predicted octanol–water partition coefficient (Wildman–Crippen LogP) is 8.89. The first kappa shape index (κ1) is 33.7. The molecule has 0 amide bonds. The first-order valence-electron chi connectivity index (χ1n) is 11.1. The van der Waals surface area contributed by atoms with E-state index < -0.39 is 16.1 Å². The van der Waals surface area contributed by atoms with Gasteiger partial charge in [-0.3, -0.25) is 0 Å². The molecule has 10 radical (unpaired) electrons. The van der Waals surface area contributed by atoms with Gasteiger partial charge in [0.25, 0.3) is 0 Å². The van der Waals surface area contributed by atoms with Crippen LogP contribution in [-0.2, 0) is 32.7 Å². The topological polar surface area (TPSA) is 0 Å². The van der Waals surface area contributed by atoms with Crippen molar-refractivity contribution >= 4 is 16.1 Å². The van der Waals surface area contributed by atoms with Crippen LogP contribution >= 0.6 is 0 Å². The van der Waals surface area contributed by atoms with E-state index in [1.807, 2.05) is 0 Å². The molecule has 2 fully saturated rings. The second kappa shape index (κ2) is 13.4. The smallest absolute Gasteiger partial charge is 0.327 e. The number of rotatable bonds is 2. The Morgan fingerprint density at radius 1 is 0.333 bits per heavy atom. The van der Waals surface area contributed by atoms with Gasteiger partial charge < -0.3 is 5.67 Å². The van der Waals surface area contributed by atoms with Crippen molar-refractivity contribution in [1.82, 2.24) is 0 Å². The molecule has 0 spiro atoms.